The van der Waals surface area contributed by atoms with E-state index in [0.717, 1.165) is 11.3 Å². The highest BCUT2D eigenvalue weighted by molar-refractivity contribution is 6.31. The molecule has 0 atom stereocenters. The van der Waals surface area contributed by atoms with Crippen LogP contribution in [0.1, 0.15) is 24.8 Å². The SMILES string of the molecule is Cc1c(Cl)cccc1NC(=O)CCCC(=O)N(C)c1ccccc1. The second kappa shape index (κ2) is 8.50. The second-order valence-electron chi connectivity index (χ2n) is 5.60. The molecule has 0 unspecified atom stereocenters. The van der Waals surface area contributed by atoms with Crippen molar-refractivity contribution >= 4 is 34.8 Å². The number of halogens is 1. The summed E-state index contributed by atoms with van der Waals surface area (Å²) in [6.07, 6.45) is 1.12. The maximum absolute atomic E-state index is 12.2. The van der Waals surface area contributed by atoms with Crippen LogP contribution in [0.2, 0.25) is 5.02 Å². The topological polar surface area (TPSA) is 49.4 Å². The molecule has 0 radical (unpaired) electrons. The lowest BCUT2D eigenvalue weighted by atomic mass is 10.1. The zero-order chi connectivity index (χ0) is 17.5. The average Bonchev–Trinajstić information content (AvgIpc) is 2.59. The molecule has 24 heavy (non-hydrogen) atoms. The summed E-state index contributed by atoms with van der Waals surface area (Å²) in [5.41, 5.74) is 2.40. The van der Waals surface area contributed by atoms with Crippen molar-refractivity contribution in [3.63, 3.8) is 0 Å². The van der Waals surface area contributed by atoms with Gasteiger partial charge in [0.2, 0.25) is 11.8 Å². The van der Waals surface area contributed by atoms with Gasteiger partial charge < -0.3 is 10.2 Å². The molecule has 2 aromatic carbocycles. The molecule has 0 aromatic heterocycles. The van der Waals surface area contributed by atoms with Crippen LogP contribution in [0.25, 0.3) is 0 Å². The molecule has 0 spiro atoms. The van der Waals surface area contributed by atoms with Crippen molar-refractivity contribution in [1.29, 1.82) is 0 Å². The molecule has 2 aromatic rings. The smallest absolute Gasteiger partial charge is 0.226 e. The first-order valence-electron chi connectivity index (χ1n) is 7.85. The summed E-state index contributed by atoms with van der Waals surface area (Å²) in [6, 6.07) is 14.8. The van der Waals surface area contributed by atoms with Gasteiger partial charge in [0.15, 0.2) is 0 Å². The van der Waals surface area contributed by atoms with Gasteiger partial charge in [0, 0.05) is 36.3 Å². The largest absolute Gasteiger partial charge is 0.326 e. The molecule has 0 bridgehead atoms. The summed E-state index contributed by atoms with van der Waals surface area (Å²) >= 11 is 6.03. The number of nitrogens with zero attached hydrogens (tertiary/aromatic N) is 1. The first-order chi connectivity index (χ1) is 11.5. The van der Waals surface area contributed by atoms with Gasteiger partial charge in [-0.2, -0.15) is 0 Å². The summed E-state index contributed by atoms with van der Waals surface area (Å²) in [6.45, 7) is 1.86. The lowest BCUT2D eigenvalue weighted by Gasteiger charge is -2.17. The van der Waals surface area contributed by atoms with E-state index in [1.165, 1.54) is 0 Å². The van der Waals surface area contributed by atoms with Crippen molar-refractivity contribution < 1.29 is 9.59 Å². The van der Waals surface area contributed by atoms with E-state index < -0.39 is 0 Å². The normalized spacial score (nSPS) is 10.3. The third kappa shape index (κ3) is 4.83. The van der Waals surface area contributed by atoms with Gasteiger partial charge in [0.1, 0.15) is 0 Å². The number of benzene rings is 2. The zero-order valence-corrected chi connectivity index (χ0v) is 14.6. The molecule has 4 nitrogen and oxygen atoms in total. The molecule has 0 saturated heterocycles. The molecule has 2 rings (SSSR count). The van der Waals surface area contributed by atoms with Crippen LogP contribution in [0.4, 0.5) is 11.4 Å². The van der Waals surface area contributed by atoms with Gasteiger partial charge in [0.25, 0.3) is 0 Å². The maximum Gasteiger partial charge on any atom is 0.226 e. The van der Waals surface area contributed by atoms with E-state index in [-0.39, 0.29) is 11.8 Å². The van der Waals surface area contributed by atoms with Gasteiger partial charge in [-0.3, -0.25) is 9.59 Å². The van der Waals surface area contributed by atoms with Gasteiger partial charge in [-0.1, -0.05) is 35.9 Å². The lowest BCUT2D eigenvalue weighted by Crippen LogP contribution is -2.26. The van der Waals surface area contributed by atoms with Crippen molar-refractivity contribution in [3.8, 4) is 0 Å². The van der Waals surface area contributed by atoms with Crippen LogP contribution in [0.5, 0.6) is 0 Å². The summed E-state index contributed by atoms with van der Waals surface area (Å²) in [7, 11) is 1.74. The van der Waals surface area contributed by atoms with Gasteiger partial charge in [-0.25, -0.2) is 0 Å². The molecule has 5 heteroatoms. The Labute approximate surface area is 147 Å². The number of carbonyl (C=O) groups is 2. The van der Waals surface area contributed by atoms with Gasteiger partial charge in [0.05, 0.1) is 0 Å². The molecule has 0 aliphatic rings. The van der Waals surface area contributed by atoms with Crippen LogP contribution < -0.4 is 10.2 Å². The summed E-state index contributed by atoms with van der Waals surface area (Å²) in [4.78, 5) is 25.8. The molecule has 0 aliphatic carbocycles. The first kappa shape index (κ1) is 18.0. The molecule has 1 N–H and O–H groups in total. The minimum atomic E-state index is -0.115. The van der Waals surface area contributed by atoms with Crippen LogP contribution in [0.3, 0.4) is 0 Å². The Morgan fingerprint density at radius 2 is 1.75 bits per heavy atom. The van der Waals surface area contributed by atoms with E-state index in [2.05, 4.69) is 5.32 Å². The molecule has 2 amide bonds. The summed E-state index contributed by atoms with van der Waals surface area (Å²) in [5.74, 6) is -0.122. The Hall–Kier alpha value is -2.33. The minimum Gasteiger partial charge on any atom is -0.326 e. The van der Waals surface area contributed by atoms with E-state index in [0.29, 0.717) is 30.0 Å². The highest BCUT2D eigenvalue weighted by Crippen LogP contribution is 2.23. The van der Waals surface area contributed by atoms with Crippen molar-refractivity contribution in [2.24, 2.45) is 0 Å². The predicted molar refractivity (Wildman–Crippen MR) is 98.5 cm³/mol. The monoisotopic (exact) mass is 344 g/mol. The number of carbonyl (C=O) groups excluding carboxylic acids is 2. The molecule has 0 fully saturated rings. The van der Waals surface area contributed by atoms with Crippen LogP contribution >= 0.6 is 11.6 Å². The fourth-order valence-corrected chi connectivity index (χ4v) is 2.49. The number of para-hydroxylation sites is 1. The first-order valence-corrected chi connectivity index (χ1v) is 8.23. The van der Waals surface area contributed by atoms with Crippen molar-refractivity contribution in [1.82, 2.24) is 0 Å². The number of amides is 2. The molecule has 0 aliphatic heterocycles. The van der Waals surface area contributed by atoms with E-state index >= 15 is 0 Å². The van der Waals surface area contributed by atoms with Gasteiger partial charge in [-0.05, 0) is 43.2 Å². The number of hydrogen-bond acceptors (Lipinski definition) is 2. The van der Waals surface area contributed by atoms with Gasteiger partial charge in [-0.15, -0.1) is 0 Å². The van der Waals surface area contributed by atoms with E-state index in [4.69, 9.17) is 11.6 Å². The maximum atomic E-state index is 12.2. The Morgan fingerprint density at radius 1 is 1.04 bits per heavy atom. The molecular weight excluding hydrogens is 324 g/mol. The van der Waals surface area contributed by atoms with Crippen LogP contribution in [0.15, 0.2) is 48.5 Å². The highest BCUT2D eigenvalue weighted by Gasteiger charge is 2.12. The average molecular weight is 345 g/mol. The standard InChI is InChI=1S/C19H21ClN2O2/c1-14-16(20)10-6-11-17(14)21-18(23)12-7-13-19(24)22(2)15-8-4-3-5-9-15/h3-6,8-11H,7,12-13H2,1-2H3,(H,21,23). The van der Waals surface area contributed by atoms with Gasteiger partial charge >= 0.3 is 0 Å². The Bertz CT molecular complexity index is 717. The number of rotatable bonds is 6. The number of hydrogen-bond donors (Lipinski definition) is 1. The highest BCUT2D eigenvalue weighted by atomic mass is 35.5. The van der Waals surface area contributed by atoms with Crippen LogP contribution in [-0.2, 0) is 9.59 Å². The third-order valence-electron chi connectivity index (χ3n) is 3.85. The quantitative estimate of drug-likeness (QED) is 0.843. The van der Waals surface area contributed by atoms with Crippen molar-refractivity contribution in [3.05, 3.63) is 59.1 Å². The van der Waals surface area contributed by atoms with E-state index in [9.17, 15) is 9.59 Å². The van der Waals surface area contributed by atoms with Crippen LogP contribution in [0, 0.1) is 6.92 Å². The molecule has 0 heterocycles. The summed E-state index contributed by atoms with van der Waals surface area (Å²) in [5, 5.41) is 3.46. The lowest BCUT2D eigenvalue weighted by molar-refractivity contribution is -0.118. The Balaban J connectivity index is 1.80. The molecular formula is C19H21ClN2O2. The molecule has 0 saturated carbocycles. The predicted octanol–water partition coefficient (Wildman–Crippen LogP) is 4.42. The summed E-state index contributed by atoms with van der Waals surface area (Å²) < 4.78 is 0. The third-order valence-corrected chi connectivity index (χ3v) is 4.26. The number of anilines is 2. The Morgan fingerprint density at radius 3 is 2.46 bits per heavy atom. The second-order valence-corrected chi connectivity index (χ2v) is 6.01. The number of nitrogens with one attached hydrogen (secondary N) is 1. The molecule has 126 valence electrons. The fraction of sp³-hybridized carbons (Fsp3) is 0.263. The van der Waals surface area contributed by atoms with Crippen molar-refractivity contribution in [2.75, 3.05) is 17.3 Å². The Kier molecular flexibility index (Phi) is 6.38. The van der Waals surface area contributed by atoms with Crippen LogP contribution in [-0.4, -0.2) is 18.9 Å². The minimum absolute atomic E-state index is 0.00654. The van der Waals surface area contributed by atoms with Crippen molar-refractivity contribution in [2.45, 2.75) is 26.2 Å². The zero-order valence-electron chi connectivity index (χ0n) is 13.9. The van der Waals surface area contributed by atoms with E-state index in [1.807, 2.05) is 43.3 Å². The fourth-order valence-electron chi connectivity index (χ4n) is 2.32. The van der Waals surface area contributed by atoms with E-state index in [1.54, 1.807) is 24.1 Å².